The molecule has 2 heteroatoms. The van der Waals surface area contributed by atoms with Crippen molar-refractivity contribution in [2.24, 2.45) is 0 Å². The van der Waals surface area contributed by atoms with Crippen molar-refractivity contribution in [1.29, 1.82) is 0 Å². The Labute approximate surface area is 469 Å². The number of rotatable bonds is 9. The third-order valence-electron chi connectivity index (χ3n) is 18.9. The number of anilines is 6. The topological polar surface area (TPSA) is 6.48 Å². The first kappa shape index (κ1) is 46.8. The van der Waals surface area contributed by atoms with E-state index in [1.807, 2.05) is 0 Å². The van der Waals surface area contributed by atoms with Gasteiger partial charge in [0.05, 0.1) is 0 Å². The number of benzene rings is 12. The molecule has 0 saturated heterocycles. The maximum absolute atomic E-state index is 2.55. The summed E-state index contributed by atoms with van der Waals surface area (Å²) >= 11 is 0. The highest BCUT2D eigenvalue weighted by atomic mass is 15.1. The first-order chi connectivity index (χ1) is 39.6. The van der Waals surface area contributed by atoms with Crippen LogP contribution < -0.4 is 9.80 Å². The van der Waals surface area contributed by atoms with E-state index in [9.17, 15) is 0 Å². The summed E-state index contributed by atoms with van der Waals surface area (Å²) in [6.45, 7) is 0. The normalized spacial score (nSPS) is 15.1. The summed E-state index contributed by atoms with van der Waals surface area (Å²) in [4.78, 5) is 4.94. The zero-order valence-corrected chi connectivity index (χ0v) is 45.0. The van der Waals surface area contributed by atoms with E-state index in [-0.39, 0.29) is 10.8 Å². The number of fused-ring (bicyclic) bond motifs is 14. The molecule has 2 fully saturated rings. The summed E-state index contributed by atoms with van der Waals surface area (Å²) in [6, 6.07) is 101. The van der Waals surface area contributed by atoms with Crippen LogP contribution in [0, 0.1) is 0 Å². The molecule has 12 aromatic rings. The first-order valence-corrected chi connectivity index (χ1v) is 29.1. The van der Waals surface area contributed by atoms with Gasteiger partial charge in [0.1, 0.15) is 0 Å². The molecule has 0 heterocycles. The number of hydrogen-bond donors (Lipinski definition) is 0. The summed E-state index contributed by atoms with van der Waals surface area (Å²) in [7, 11) is 0. The fourth-order valence-corrected chi connectivity index (χ4v) is 15.2. The molecule has 0 N–H and O–H groups in total. The van der Waals surface area contributed by atoms with Gasteiger partial charge in [-0.3, -0.25) is 0 Å². The van der Waals surface area contributed by atoms with Crippen molar-refractivity contribution in [3.63, 3.8) is 0 Å². The van der Waals surface area contributed by atoms with Crippen molar-refractivity contribution in [2.45, 2.75) is 62.2 Å². The SMILES string of the molecule is c1ccc(-c2ccc(N(c3ccc(-c4ccc(N(c5ccc(-c6ccccc6)cc5)c5ccc6c(c5)C5(CCCC5)c5ccc7ccccc7c5-6)cc4)cc3)c3ccc4c(c3)C3(CCCC3)c3ccc5ccccc5c3-4)cc2)cc1. The summed E-state index contributed by atoms with van der Waals surface area (Å²) < 4.78 is 0. The standard InChI is InChI=1S/C78H60N2/c1-3-15-53(16-4-1)55-23-33-61(34-24-55)79(65-41-43-69-73(51-65)77(47-11-12-48-77)71-45-31-59-19-7-9-21-67(59)75(69)71)63-37-27-57(28-38-63)58-29-39-64(40-30-58)80(62-35-25-56(26-36-62)54-17-5-2-6-18-54)66-42-44-70-74(52-66)78(49-13-14-50-78)72-46-32-60-20-8-10-22-68(60)76(70)72/h1-10,15-46,51-52H,11-14,47-50H2. The zero-order valence-electron chi connectivity index (χ0n) is 45.0. The molecule has 2 nitrogen and oxygen atoms in total. The van der Waals surface area contributed by atoms with Crippen LogP contribution in [0.15, 0.2) is 267 Å². The molecule has 2 saturated carbocycles. The van der Waals surface area contributed by atoms with E-state index in [1.54, 1.807) is 0 Å². The van der Waals surface area contributed by atoms with Gasteiger partial charge in [0.2, 0.25) is 0 Å². The number of hydrogen-bond acceptors (Lipinski definition) is 2. The van der Waals surface area contributed by atoms with Crippen molar-refractivity contribution in [1.82, 2.24) is 0 Å². The summed E-state index contributed by atoms with van der Waals surface area (Å²) in [5, 5.41) is 5.36. The van der Waals surface area contributed by atoms with Gasteiger partial charge in [-0.05, 0) is 198 Å². The molecule has 0 atom stereocenters. The molecule has 0 bridgehead atoms. The monoisotopic (exact) mass is 1020 g/mol. The fraction of sp³-hybridized carbons (Fsp3) is 0.128. The molecule has 0 aliphatic heterocycles. The Hall–Kier alpha value is -9.24. The molecule has 4 aliphatic carbocycles. The van der Waals surface area contributed by atoms with Gasteiger partial charge in [-0.1, -0.05) is 220 Å². The van der Waals surface area contributed by atoms with E-state index in [0.717, 1.165) is 22.7 Å². The molecule has 0 unspecified atom stereocenters. The van der Waals surface area contributed by atoms with Crippen LogP contribution in [0.25, 0.3) is 77.2 Å². The lowest BCUT2D eigenvalue weighted by molar-refractivity contribution is 0.550. The lowest BCUT2D eigenvalue weighted by Crippen LogP contribution is -2.21. The first-order valence-electron chi connectivity index (χ1n) is 29.1. The highest BCUT2D eigenvalue weighted by molar-refractivity contribution is 6.05. The Balaban J connectivity index is 0.774. The number of nitrogens with zero attached hydrogens (tertiary/aromatic N) is 2. The average molecular weight is 1030 g/mol. The van der Waals surface area contributed by atoms with Crippen molar-refractivity contribution < 1.29 is 0 Å². The Kier molecular flexibility index (Phi) is 11.0. The zero-order chi connectivity index (χ0) is 52.8. The second-order valence-electron chi connectivity index (χ2n) is 23.0. The van der Waals surface area contributed by atoms with Gasteiger partial charge < -0.3 is 9.80 Å². The van der Waals surface area contributed by atoms with Gasteiger partial charge in [-0.15, -0.1) is 0 Å². The maximum Gasteiger partial charge on any atom is 0.0465 e. The second-order valence-corrected chi connectivity index (χ2v) is 23.0. The van der Waals surface area contributed by atoms with Crippen LogP contribution in [0.5, 0.6) is 0 Å². The van der Waals surface area contributed by atoms with Gasteiger partial charge in [0.15, 0.2) is 0 Å². The summed E-state index contributed by atoms with van der Waals surface area (Å²) in [6.07, 6.45) is 9.77. The lowest BCUT2D eigenvalue weighted by Gasteiger charge is -2.30. The van der Waals surface area contributed by atoms with Crippen LogP contribution in [0.2, 0.25) is 0 Å². The molecule has 80 heavy (non-hydrogen) atoms. The van der Waals surface area contributed by atoms with Crippen LogP contribution in [0.3, 0.4) is 0 Å². The molecule has 16 rings (SSSR count). The molecule has 0 amide bonds. The predicted octanol–water partition coefficient (Wildman–Crippen LogP) is 21.6. The lowest BCUT2D eigenvalue weighted by atomic mass is 9.76. The van der Waals surface area contributed by atoms with Gasteiger partial charge in [-0.2, -0.15) is 0 Å². The van der Waals surface area contributed by atoms with Crippen molar-refractivity contribution in [3.05, 3.63) is 289 Å². The summed E-state index contributed by atoms with van der Waals surface area (Å²) in [5.41, 5.74) is 25.9. The second kappa shape index (κ2) is 18.7. The Morgan fingerprint density at radius 2 is 0.537 bits per heavy atom. The van der Waals surface area contributed by atoms with Gasteiger partial charge in [0, 0.05) is 45.0 Å². The van der Waals surface area contributed by atoms with E-state index >= 15 is 0 Å². The third-order valence-corrected chi connectivity index (χ3v) is 18.9. The molecule has 382 valence electrons. The van der Waals surface area contributed by atoms with E-state index in [4.69, 9.17) is 0 Å². The van der Waals surface area contributed by atoms with Crippen LogP contribution in [-0.2, 0) is 10.8 Å². The van der Waals surface area contributed by atoms with Crippen LogP contribution in [0.4, 0.5) is 34.1 Å². The van der Waals surface area contributed by atoms with Gasteiger partial charge in [0.25, 0.3) is 0 Å². The smallest absolute Gasteiger partial charge is 0.0465 e. The van der Waals surface area contributed by atoms with Crippen LogP contribution in [0.1, 0.15) is 73.6 Å². The highest BCUT2D eigenvalue weighted by Gasteiger charge is 2.47. The molecule has 12 aromatic carbocycles. The Morgan fingerprint density at radius 1 is 0.237 bits per heavy atom. The van der Waals surface area contributed by atoms with Crippen molar-refractivity contribution in [2.75, 3.05) is 9.80 Å². The molecule has 0 aromatic heterocycles. The van der Waals surface area contributed by atoms with E-state index < -0.39 is 0 Å². The predicted molar refractivity (Wildman–Crippen MR) is 336 cm³/mol. The van der Waals surface area contributed by atoms with Crippen LogP contribution >= 0.6 is 0 Å². The highest BCUT2D eigenvalue weighted by Crippen LogP contribution is 2.61. The quantitative estimate of drug-likeness (QED) is 0.142. The van der Waals surface area contributed by atoms with Crippen LogP contribution in [-0.4, -0.2) is 0 Å². The van der Waals surface area contributed by atoms with E-state index in [1.165, 1.54) is 162 Å². The molecular formula is C78H60N2. The fourth-order valence-electron chi connectivity index (χ4n) is 15.2. The third kappa shape index (κ3) is 7.38. The molecule has 0 radical (unpaired) electrons. The minimum atomic E-state index is 0.0324. The van der Waals surface area contributed by atoms with Gasteiger partial charge >= 0.3 is 0 Å². The Bertz CT molecular complexity index is 4030. The molecule has 2 spiro atoms. The molecule has 4 aliphatic rings. The average Bonchev–Trinajstić information content (AvgIpc) is 4.46. The Morgan fingerprint density at radius 3 is 0.887 bits per heavy atom. The van der Waals surface area contributed by atoms with E-state index in [2.05, 4.69) is 277 Å². The van der Waals surface area contributed by atoms with Gasteiger partial charge in [-0.25, -0.2) is 0 Å². The minimum absolute atomic E-state index is 0.0324. The maximum atomic E-state index is 2.55. The van der Waals surface area contributed by atoms with Crippen molar-refractivity contribution in [3.8, 4) is 55.6 Å². The summed E-state index contributed by atoms with van der Waals surface area (Å²) in [5.74, 6) is 0. The largest absolute Gasteiger partial charge is 0.310 e. The minimum Gasteiger partial charge on any atom is -0.310 e. The van der Waals surface area contributed by atoms with E-state index in [0.29, 0.717) is 0 Å². The van der Waals surface area contributed by atoms with Crippen molar-refractivity contribution >= 4 is 55.7 Å². The molecular weight excluding hydrogens is 965 g/mol.